The van der Waals surface area contributed by atoms with Gasteiger partial charge in [-0.2, -0.15) is 0 Å². The molecule has 28 heavy (non-hydrogen) atoms. The maximum atomic E-state index is 12.8. The van der Waals surface area contributed by atoms with Crippen molar-refractivity contribution in [3.8, 4) is 0 Å². The molecule has 1 atom stereocenters. The largest absolute Gasteiger partial charge is 0.351 e. The van der Waals surface area contributed by atoms with Crippen molar-refractivity contribution in [3.63, 3.8) is 0 Å². The highest BCUT2D eigenvalue weighted by molar-refractivity contribution is 8.00. The molecule has 5 nitrogen and oxygen atoms in total. The van der Waals surface area contributed by atoms with Gasteiger partial charge in [-0.3, -0.25) is 14.2 Å². The summed E-state index contributed by atoms with van der Waals surface area (Å²) in [5, 5.41) is 4.09. The number of benzene rings is 2. The van der Waals surface area contributed by atoms with Crippen LogP contribution >= 0.6 is 23.4 Å². The van der Waals surface area contributed by atoms with Crippen LogP contribution < -0.4 is 10.9 Å². The number of fused-ring (bicyclic) bond motifs is 1. The van der Waals surface area contributed by atoms with Crippen molar-refractivity contribution >= 4 is 40.2 Å². The van der Waals surface area contributed by atoms with E-state index in [-0.39, 0.29) is 11.5 Å². The Morgan fingerprint density at radius 3 is 2.75 bits per heavy atom. The molecule has 0 saturated heterocycles. The van der Waals surface area contributed by atoms with Crippen LogP contribution in [0.25, 0.3) is 10.9 Å². The smallest absolute Gasteiger partial charge is 0.262 e. The number of carbonyl (C=O) groups is 1. The van der Waals surface area contributed by atoms with Crippen LogP contribution in [-0.4, -0.2) is 20.7 Å². The van der Waals surface area contributed by atoms with Crippen molar-refractivity contribution < 1.29 is 4.79 Å². The number of rotatable bonds is 7. The van der Waals surface area contributed by atoms with Gasteiger partial charge in [0.2, 0.25) is 5.91 Å². The van der Waals surface area contributed by atoms with Gasteiger partial charge in [-0.1, -0.05) is 59.8 Å². The van der Waals surface area contributed by atoms with Gasteiger partial charge < -0.3 is 5.32 Å². The molecule has 0 fully saturated rings. The molecule has 3 rings (SSSR count). The summed E-state index contributed by atoms with van der Waals surface area (Å²) in [6, 6.07) is 14.6. The van der Waals surface area contributed by atoms with Gasteiger partial charge in [-0.15, -0.1) is 6.58 Å². The highest BCUT2D eigenvalue weighted by Gasteiger charge is 2.19. The fraction of sp³-hybridized carbons (Fsp3) is 0.190. The van der Waals surface area contributed by atoms with E-state index in [1.54, 1.807) is 37.3 Å². The lowest BCUT2D eigenvalue weighted by Crippen LogP contribution is -2.31. The zero-order valence-electron chi connectivity index (χ0n) is 15.4. The molecular weight excluding hydrogens is 394 g/mol. The molecule has 0 unspecified atom stereocenters. The monoisotopic (exact) mass is 413 g/mol. The van der Waals surface area contributed by atoms with E-state index in [0.29, 0.717) is 34.2 Å². The fourth-order valence-corrected chi connectivity index (χ4v) is 3.85. The summed E-state index contributed by atoms with van der Waals surface area (Å²) in [4.78, 5) is 29.9. The van der Waals surface area contributed by atoms with Crippen LogP contribution in [0, 0.1) is 0 Å². The summed E-state index contributed by atoms with van der Waals surface area (Å²) in [6.45, 7) is 6.17. The second-order valence-electron chi connectivity index (χ2n) is 6.19. The Bertz CT molecular complexity index is 1080. The molecule has 0 aliphatic rings. The Hall–Kier alpha value is -2.57. The van der Waals surface area contributed by atoms with Crippen LogP contribution in [0.2, 0.25) is 5.02 Å². The number of carbonyl (C=O) groups excluding carboxylic acids is 1. The molecule has 1 N–H and O–H groups in total. The van der Waals surface area contributed by atoms with Crippen LogP contribution in [0.1, 0.15) is 12.5 Å². The zero-order valence-corrected chi connectivity index (χ0v) is 17.0. The zero-order chi connectivity index (χ0) is 20.1. The number of nitrogens with zero attached hydrogens (tertiary/aromatic N) is 2. The first-order chi connectivity index (χ1) is 13.5. The molecular formula is C21H20ClN3O2S. The van der Waals surface area contributed by atoms with Crippen molar-refractivity contribution in [3.05, 3.63) is 82.1 Å². The van der Waals surface area contributed by atoms with Gasteiger partial charge in [0.25, 0.3) is 5.56 Å². The fourth-order valence-electron chi connectivity index (χ4n) is 2.71. The van der Waals surface area contributed by atoms with E-state index in [4.69, 9.17) is 11.6 Å². The maximum absolute atomic E-state index is 12.8. The lowest BCUT2D eigenvalue weighted by atomic mass is 10.2. The summed E-state index contributed by atoms with van der Waals surface area (Å²) < 4.78 is 1.54. The van der Waals surface area contributed by atoms with Gasteiger partial charge >= 0.3 is 0 Å². The number of amides is 1. The predicted octanol–water partition coefficient (Wildman–Crippen LogP) is 4.03. The summed E-state index contributed by atoms with van der Waals surface area (Å²) in [5.41, 5.74) is 1.32. The number of nitrogens with one attached hydrogen (secondary N) is 1. The molecule has 0 radical (unpaired) electrons. The maximum Gasteiger partial charge on any atom is 0.262 e. The van der Waals surface area contributed by atoms with Crippen molar-refractivity contribution in [2.24, 2.45) is 0 Å². The second kappa shape index (κ2) is 9.08. The van der Waals surface area contributed by atoms with Gasteiger partial charge in [0.15, 0.2) is 5.16 Å². The standard InChI is InChI=1S/C21H20ClN3O2S/c1-3-12-25-20(27)16-9-5-7-11-18(16)24-21(25)28-14(2)19(26)23-13-15-8-4-6-10-17(15)22/h3-11,14H,1,12-13H2,2H3,(H,23,26)/t14-/m1/s1. The quantitative estimate of drug-likeness (QED) is 0.361. The van der Waals surface area contributed by atoms with Crippen molar-refractivity contribution in [2.45, 2.75) is 30.4 Å². The number of hydrogen-bond acceptors (Lipinski definition) is 4. The van der Waals surface area contributed by atoms with E-state index in [1.165, 1.54) is 16.3 Å². The lowest BCUT2D eigenvalue weighted by Gasteiger charge is -2.15. The van der Waals surface area contributed by atoms with Gasteiger partial charge in [-0.25, -0.2) is 4.98 Å². The number of aromatic nitrogens is 2. The van der Waals surface area contributed by atoms with Crippen LogP contribution in [-0.2, 0) is 17.9 Å². The third-order valence-corrected chi connectivity index (χ3v) is 5.66. The first-order valence-corrected chi connectivity index (χ1v) is 10.0. The summed E-state index contributed by atoms with van der Waals surface area (Å²) in [6.07, 6.45) is 1.64. The van der Waals surface area contributed by atoms with Gasteiger partial charge in [0.05, 0.1) is 16.2 Å². The van der Waals surface area contributed by atoms with Crippen LogP contribution in [0.5, 0.6) is 0 Å². The van der Waals surface area contributed by atoms with Gasteiger partial charge in [-0.05, 0) is 30.7 Å². The molecule has 0 bridgehead atoms. The van der Waals surface area contributed by atoms with E-state index in [1.807, 2.05) is 24.3 Å². The average molecular weight is 414 g/mol. The van der Waals surface area contributed by atoms with E-state index in [9.17, 15) is 9.59 Å². The molecule has 3 aromatic rings. The molecule has 1 amide bonds. The predicted molar refractivity (Wildman–Crippen MR) is 115 cm³/mol. The molecule has 1 heterocycles. The minimum Gasteiger partial charge on any atom is -0.351 e. The molecule has 0 aliphatic carbocycles. The normalized spacial score (nSPS) is 11.9. The highest BCUT2D eigenvalue weighted by atomic mass is 35.5. The van der Waals surface area contributed by atoms with E-state index in [0.717, 1.165) is 5.56 Å². The van der Waals surface area contributed by atoms with Crippen molar-refractivity contribution in [1.82, 2.24) is 14.9 Å². The number of hydrogen-bond donors (Lipinski definition) is 1. The Morgan fingerprint density at radius 2 is 2.00 bits per heavy atom. The van der Waals surface area contributed by atoms with Gasteiger partial charge in [0, 0.05) is 18.1 Å². The lowest BCUT2D eigenvalue weighted by molar-refractivity contribution is -0.120. The SMILES string of the molecule is C=CCn1c(S[C@H](C)C(=O)NCc2ccccc2Cl)nc2ccccc2c1=O. The Balaban J connectivity index is 1.80. The minimum atomic E-state index is -0.438. The molecule has 1 aromatic heterocycles. The Morgan fingerprint density at radius 1 is 1.29 bits per heavy atom. The van der Waals surface area contributed by atoms with Crippen LogP contribution in [0.3, 0.4) is 0 Å². The van der Waals surface area contributed by atoms with E-state index in [2.05, 4.69) is 16.9 Å². The third kappa shape index (κ3) is 4.46. The first-order valence-electron chi connectivity index (χ1n) is 8.79. The van der Waals surface area contributed by atoms with Crippen LogP contribution in [0.4, 0.5) is 0 Å². The Kier molecular flexibility index (Phi) is 6.54. The van der Waals surface area contributed by atoms with E-state index >= 15 is 0 Å². The Labute approximate surface area is 172 Å². The number of allylic oxidation sites excluding steroid dienone is 1. The van der Waals surface area contributed by atoms with Crippen molar-refractivity contribution in [2.75, 3.05) is 0 Å². The summed E-state index contributed by atoms with van der Waals surface area (Å²) >= 11 is 7.38. The molecule has 7 heteroatoms. The van der Waals surface area contributed by atoms with Crippen molar-refractivity contribution in [1.29, 1.82) is 0 Å². The molecule has 0 aliphatic heterocycles. The number of para-hydroxylation sites is 1. The molecule has 144 valence electrons. The molecule has 2 aromatic carbocycles. The summed E-state index contributed by atoms with van der Waals surface area (Å²) in [7, 11) is 0. The number of thioether (sulfide) groups is 1. The van der Waals surface area contributed by atoms with Crippen LogP contribution in [0.15, 0.2) is 71.1 Å². The minimum absolute atomic E-state index is 0.142. The highest BCUT2D eigenvalue weighted by Crippen LogP contribution is 2.23. The first kappa shape index (κ1) is 20.2. The molecule has 0 spiro atoms. The van der Waals surface area contributed by atoms with E-state index < -0.39 is 5.25 Å². The topological polar surface area (TPSA) is 64.0 Å². The molecule has 0 saturated carbocycles. The number of halogens is 1. The van der Waals surface area contributed by atoms with Gasteiger partial charge in [0.1, 0.15) is 0 Å². The third-order valence-electron chi connectivity index (χ3n) is 4.20. The average Bonchev–Trinajstić information content (AvgIpc) is 2.70. The summed E-state index contributed by atoms with van der Waals surface area (Å²) in [5.74, 6) is -0.155. The second-order valence-corrected chi connectivity index (χ2v) is 7.90.